The van der Waals surface area contributed by atoms with Gasteiger partial charge in [-0.2, -0.15) is 0 Å². The fourth-order valence-electron chi connectivity index (χ4n) is 1.90. The number of nitrogens with zero attached hydrogens (tertiary/aromatic N) is 2. The van der Waals surface area contributed by atoms with E-state index < -0.39 is 5.82 Å². The van der Waals surface area contributed by atoms with E-state index in [4.69, 9.17) is 11.6 Å². The molecule has 0 unspecified atom stereocenters. The van der Waals surface area contributed by atoms with Gasteiger partial charge in [0.2, 0.25) is 5.91 Å². The van der Waals surface area contributed by atoms with Gasteiger partial charge < -0.3 is 5.32 Å². The summed E-state index contributed by atoms with van der Waals surface area (Å²) in [6, 6.07) is 6.01. The van der Waals surface area contributed by atoms with Crippen molar-refractivity contribution in [2.75, 3.05) is 5.32 Å². The lowest BCUT2D eigenvalue weighted by Gasteiger charge is -2.12. The summed E-state index contributed by atoms with van der Waals surface area (Å²) in [7, 11) is 0. The van der Waals surface area contributed by atoms with Gasteiger partial charge in [0, 0.05) is 11.1 Å². The van der Waals surface area contributed by atoms with E-state index in [0.29, 0.717) is 5.69 Å². The molecule has 1 aromatic carbocycles. The van der Waals surface area contributed by atoms with E-state index in [9.17, 15) is 9.18 Å². The molecule has 1 amide bonds. The minimum absolute atomic E-state index is 0.0288. The maximum absolute atomic E-state index is 13.1. The number of hydrogen-bond donors (Lipinski definition) is 1. The monoisotopic (exact) mass is 367 g/mol. The normalized spacial score (nSPS) is 12.3. The predicted octanol–water partition coefficient (Wildman–Crippen LogP) is 4.60. The molecule has 118 valence electrons. The first-order chi connectivity index (χ1) is 11.0. The van der Waals surface area contributed by atoms with Crippen LogP contribution in [0, 0.1) is 5.82 Å². The van der Waals surface area contributed by atoms with E-state index in [-0.39, 0.29) is 16.2 Å². The molecule has 0 aliphatic rings. The van der Waals surface area contributed by atoms with Crippen LogP contribution in [0.2, 0.25) is 5.02 Å². The van der Waals surface area contributed by atoms with Gasteiger partial charge in [0.25, 0.3) is 0 Å². The largest absolute Gasteiger partial charge is 0.325 e. The number of carbonyl (C=O) groups excluding carboxylic acids is 1. The molecule has 23 heavy (non-hydrogen) atoms. The number of nitrogens with one attached hydrogen (secondary N) is 1. The molecule has 1 N–H and O–H groups in total. The summed E-state index contributed by atoms with van der Waals surface area (Å²) in [6.45, 7) is 1.78. The van der Waals surface area contributed by atoms with Crippen molar-refractivity contribution in [3.05, 3.63) is 46.8 Å². The molecule has 0 radical (unpaired) electrons. The molecule has 0 saturated heterocycles. The van der Waals surface area contributed by atoms with Gasteiger partial charge in [-0.3, -0.25) is 4.79 Å². The summed E-state index contributed by atoms with van der Waals surface area (Å²) < 4.78 is 13.1. The Morgan fingerprint density at radius 1 is 1.39 bits per heavy atom. The van der Waals surface area contributed by atoms with Crippen LogP contribution in [0.25, 0.3) is 10.2 Å². The maximum atomic E-state index is 13.1. The zero-order valence-electron chi connectivity index (χ0n) is 11.9. The van der Waals surface area contributed by atoms with Crippen molar-refractivity contribution in [3.63, 3.8) is 0 Å². The van der Waals surface area contributed by atoms with E-state index >= 15 is 0 Å². The van der Waals surface area contributed by atoms with Gasteiger partial charge in [-0.15, -0.1) is 11.3 Å². The molecule has 0 bridgehead atoms. The molecule has 3 aromatic rings. The van der Waals surface area contributed by atoms with Crippen LogP contribution >= 0.6 is 34.7 Å². The summed E-state index contributed by atoms with van der Waals surface area (Å²) >= 11 is 8.59. The lowest BCUT2D eigenvalue weighted by Crippen LogP contribution is -2.22. The van der Waals surface area contributed by atoms with Crippen LogP contribution in [0.4, 0.5) is 10.1 Å². The van der Waals surface area contributed by atoms with Crippen molar-refractivity contribution in [1.82, 2.24) is 9.97 Å². The number of hydrogen-bond acceptors (Lipinski definition) is 5. The number of thiophene rings is 1. The van der Waals surface area contributed by atoms with Crippen LogP contribution < -0.4 is 5.32 Å². The number of carbonyl (C=O) groups is 1. The van der Waals surface area contributed by atoms with Crippen LogP contribution in [-0.2, 0) is 4.79 Å². The van der Waals surface area contributed by atoms with Crippen molar-refractivity contribution < 1.29 is 9.18 Å². The summed E-state index contributed by atoms with van der Waals surface area (Å²) in [5.41, 5.74) is 0.456. The van der Waals surface area contributed by atoms with Crippen molar-refractivity contribution >= 4 is 56.5 Å². The third-order valence-electron chi connectivity index (χ3n) is 3.07. The lowest BCUT2D eigenvalue weighted by atomic mass is 10.3. The molecule has 0 aliphatic heterocycles. The first-order valence-corrected chi connectivity index (χ1v) is 8.79. The highest BCUT2D eigenvalue weighted by atomic mass is 35.5. The van der Waals surface area contributed by atoms with Crippen molar-refractivity contribution in [2.24, 2.45) is 0 Å². The van der Waals surface area contributed by atoms with E-state index in [1.807, 2.05) is 11.4 Å². The Bertz CT molecular complexity index is 871. The molecule has 0 aliphatic carbocycles. The number of fused-ring (bicyclic) bond motifs is 1. The van der Waals surface area contributed by atoms with Gasteiger partial charge in [-0.25, -0.2) is 14.4 Å². The molecule has 0 spiro atoms. The Morgan fingerprint density at radius 3 is 3.00 bits per heavy atom. The SMILES string of the molecule is C[C@H](Sc1ncnc2sccc12)C(=O)Nc1ccc(F)c(Cl)c1. The molecular weight excluding hydrogens is 357 g/mol. The second-order valence-electron chi connectivity index (χ2n) is 4.70. The number of halogens is 2. The first kappa shape index (κ1) is 16.2. The van der Waals surface area contributed by atoms with E-state index in [1.54, 1.807) is 6.92 Å². The molecular formula is C15H11ClFN3OS2. The minimum atomic E-state index is -0.520. The Morgan fingerprint density at radius 2 is 2.22 bits per heavy atom. The molecule has 3 rings (SSSR count). The molecule has 4 nitrogen and oxygen atoms in total. The number of thioether (sulfide) groups is 1. The molecule has 1 atom stereocenters. The van der Waals surface area contributed by atoms with Crippen LogP contribution in [0.3, 0.4) is 0 Å². The van der Waals surface area contributed by atoms with Crippen molar-refractivity contribution in [2.45, 2.75) is 17.2 Å². The van der Waals surface area contributed by atoms with Crippen LogP contribution in [0.1, 0.15) is 6.92 Å². The van der Waals surface area contributed by atoms with Crippen LogP contribution in [-0.4, -0.2) is 21.1 Å². The Labute approximate surface area is 145 Å². The van der Waals surface area contributed by atoms with Gasteiger partial charge in [-0.1, -0.05) is 23.4 Å². The van der Waals surface area contributed by atoms with E-state index in [1.165, 1.54) is 47.6 Å². The third-order valence-corrected chi connectivity index (χ3v) is 5.30. The Balaban J connectivity index is 1.72. The number of rotatable bonds is 4. The van der Waals surface area contributed by atoms with Gasteiger partial charge in [0.1, 0.15) is 22.0 Å². The highest BCUT2D eigenvalue weighted by Gasteiger charge is 2.17. The summed E-state index contributed by atoms with van der Waals surface area (Å²) in [4.78, 5) is 21.6. The fourth-order valence-corrected chi connectivity index (χ4v) is 3.78. The van der Waals surface area contributed by atoms with Crippen LogP contribution in [0.15, 0.2) is 41.0 Å². The Hall–Kier alpha value is -1.70. The highest BCUT2D eigenvalue weighted by Crippen LogP contribution is 2.31. The average Bonchev–Trinajstić information content (AvgIpc) is 3.00. The minimum Gasteiger partial charge on any atom is -0.325 e. The standard InChI is InChI=1S/C15H11ClFN3OS2/c1-8(13(21)20-9-2-3-12(17)11(16)6-9)23-15-10-4-5-22-14(10)18-7-19-15/h2-8H,1H3,(H,20,21)/t8-/m0/s1. The van der Waals surface area contributed by atoms with Gasteiger partial charge in [0.15, 0.2) is 0 Å². The zero-order chi connectivity index (χ0) is 16.4. The molecule has 8 heteroatoms. The second kappa shape index (κ2) is 6.82. The van der Waals surface area contributed by atoms with Crippen molar-refractivity contribution in [3.8, 4) is 0 Å². The number of anilines is 1. The van der Waals surface area contributed by atoms with Crippen molar-refractivity contribution in [1.29, 1.82) is 0 Å². The second-order valence-corrected chi connectivity index (χ2v) is 7.33. The summed E-state index contributed by atoms with van der Waals surface area (Å²) in [5.74, 6) is -0.729. The number of benzene rings is 1. The van der Waals surface area contributed by atoms with Gasteiger partial charge >= 0.3 is 0 Å². The quantitative estimate of drug-likeness (QED) is 0.540. The average molecular weight is 368 g/mol. The lowest BCUT2D eigenvalue weighted by molar-refractivity contribution is -0.115. The first-order valence-electron chi connectivity index (χ1n) is 6.65. The topological polar surface area (TPSA) is 54.9 Å². The van der Waals surface area contributed by atoms with Gasteiger partial charge in [-0.05, 0) is 36.6 Å². The summed E-state index contributed by atoms with van der Waals surface area (Å²) in [5, 5.41) is 5.95. The van der Waals surface area contributed by atoms with Gasteiger partial charge in [0.05, 0.1) is 10.3 Å². The van der Waals surface area contributed by atoms with E-state index in [2.05, 4.69) is 15.3 Å². The number of aromatic nitrogens is 2. The molecule has 2 aromatic heterocycles. The number of amides is 1. The van der Waals surface area contributed by atoms with Crippen LogP contribution in [0.5, 0.6) is 0 Å². The molecule has 0 saturated carbocycles. The Kier molecular flexibility index (Phi) is 4.79. The smallest absolute Gasteiger partial charge is 0.237 e. The maximum Gasteiger partial charge on any atom is 0.237 e. The highest BCUT2D eigenvalue weighted by molar-refractivity contribution is 8.00. The fraction of sp³-hybridized carbons (Fsp3) is 0.133. The summed E-state index contributed by atoms with van der Waals surface area (Å²) in [6.07, 6.45) is 1.49. The zero-order valence-corrected chi connectivity index (χ0v) is 14.3. The predicted molar refractivity (Wildman–Crippen MR) is 92.8 cm³/mol. The van der Waals surface area contributed by atoms with E-state index in [0.717, 1.165) is 15.2 Å². The molecule has 2 heterocycles. The third kappa shape index (κ3) is 3.63. The molecule has 0 fully saturated rings.